The van der Waals surface area contributed by atoms with Gasteiger partial charge in [0.25, 0.3) is 5.88 Å². The number of hydrogen-bond acceptors (Lipinski definition) is 4. The van der Waals surface area contributed by atoms with Crippen molar-refractivity contribution in [1.29, 1.82) is 0 Å². The zero-order chi connectivity index (χ0) is 12.4. The first-order valence-electron chi connectivity index (χ1n) is 5.13. The van der Waals surface area contributed by atoms with Crippen LogP contribution < -0.4 is 16.0 Å². The van der Waals surface area contributed by atoms with Crippen molar-refractivity contribution in [3.05, 3.63) is 46.5 Å². The maximum absolute atomic E-state index is 11.7. The van der Waals surface area contributed by atoms with Gasteiger partial charge in [0.2, 0.25) is 0 Å². The first-order valence-corrected chi connectivity index (χ1v) is 5.13. The molecule has 88 valence electrons. The Morgan fingerprint density at radius 2 is 2.18 bits per heavy atom. The third-order valence-electron chi connectivity index (χ3n) is 2.36. The summed E-state index contributed by atoms with van der Waals surface area (Å²) in [6.45, 7) is 1.93. The van der Waals surface area contributed by atoms with Gasteiger partial charge in [0.05, 0.1) is 5.69 Å². The van der Waals surface area contributed by atoms with Gasteiger partial charge in [-0.25, -0.2) is 4.98 Å². The molecule has 0 aliphatic carbocycles. The third kappa shape index (κ3) is 2.28. The molecular weight excluding hydrogens is 218 g/mol. The van der Waals surface area contributed by atoms with Gasteiger partial charge >= 0.3 is 5.56 Å². The van der Waals surface area contributed by atoms with Gasteiger partial charge in [0.1, 0.15) is 0 Å². The Morgan fingerprint density at radius 1 is 1.41 bits per heavy atom. The zero-order valence-electron chi connectivity index (χ0n) is 9.68. The van der Waals surface area contributed by atoms with Crippen molar-refractivity contribution >= 4 is 5.69 Å². The van der Waals surface area contributed by atoms with Crippen molar-refractivity contribution in [2.24, 2.45) is 7.05 Å². The maximum Gasteiger partial charge on any atom is 0.313 e. The predicted molar refractivity (Wildman–Crippen MR) is 65.1 cm³/mol. The van der Waals surface area contributed by atoms with Crippen LogP contribution in [-0.4, -0.2) is 9.55 Å². The second-order valence-corrected chi connectivity index (χ2v) is 3.79. The number of ether oxygens (including phenoxy) is 1. The molecule has 17 heavy (non-hydrogen) atoms. The summed E-state index contributed by atoms with van der Waals surface area (Å²) in [6.07, 6.45) is 3.06. The molecule has 2 N–H and O–H groups in total. The Morgan fingerprint density at radius 3 is 2.88 bits per heavy atom. The van der Waals surface area contributed by atoms with E-state index in [-0.39, 0.29) is 11.4 Å². The summed E-state index contributed by atoms with van der Waals surface area (Å²) in [4.78, 5) is 15.6. The number of aryl methyl sites for hydroxylation is 2. The van der Waals surface area contributed by atoms with Gasteiger partial charge in [-0.2, -0.15) is 0 Å². The lowest BCUT2D eigenvalue weighted by Crippen LogP contribution is -2.18. The van der Waals surface area contributed by atoms with E-state index < -0.39 is 0 Å². The minimum Gasteiger partial charge on any atom is -0.432 e. The van der Waals surface area contributed by atoms with Gasteiger partial charge in [-0.1, -0.05) is 6.07 Å². The highest BCUT2D eigenvalue weighted by molar-refractivity contribution is 5.55. The van der Waals surface area contributed by atoms with Crippen molar-refractivity contribution in [3.8, 4) is 11.6 Å². The number of hydrogen-bond donors (Lipinski definition) is 1. The first-order chi connectivity index (χ1) is 8.08. The van der Waals surface area contributed by atoms with Gasteiger partial charge in [0, 0.05) is 19.4 Å². The SMILES string of the molecule is Cc1ccc(Oc2nccn(C)c2=O)c(N)c1. The average molecular weight is 231 g/mol. The summed E-state index contributed by atoms with van der Waals surface area (Å²) in [5.74, 6) is 0.456. The van der Waals surface area contributed by atoms with Crippen molar-refractivity contribution in [2.45, 2.75) is 6.92 Å². The van der Waals surface area contributed by atoms with E-state index >= 15 is 0 Å². The van der Waals surface area contributed by atoms with Gasteiger partial charge in [-0.05, 0) is 24.6 Å². The van der Waals surface area contributed by atoms with E-state index in [1.807, 2.05) is 13.0 Å². The Bertz CT molecular complexity index is 605. The van der Waals surface area contributed by atoms with Gasteiger partial charge in [-0.3, -0.25) is 4.79 Å². The summed E-state index contributed by atoms with van der Waals surface area (Å²) in [7, 11) is 1.63. The average Bonchev–Trinajstić information content (AvgIpc) is 2.28. The molecule has 5 heteroatoms. The number of aromatic nitrogens is 2. The van der Waals surface area contributed by atoms with E-state index in [1.54, 1.807) is 25.4 Å². The van der Waals surface area contributed by atoms with Crippen LogP contribution in [0, 0.1) is 6.92 Å². The number of nitrogens with two attached hydrogens (primary N) is 1. The molecule has 0 spiro atoms. The highest BCUT2D eigenvalue weighted by Gasteiger charge is 2.07. The molecule has 2 rings (SSSR count). The van der Waals surface area contributed by atoms with Crippen LogP contribution in [0.25, 0.3) is 0 Å². The summed E-state index contributed by atoms with van der Waals surface area (Å²) in [6, 6.07) is 5.36. The number of nitrogen functional groups attached to an aromatic ring is 1. The Labute approximate surface area is 98.5 Å². The molecule has 5 nitrogen and oxygen atoms in total. The number of rotatable bonds is 2. The van der Waals surface area contributed by atoms with Crippen molar-refractivity contribution in [1.82, 2.24) is 9.55 Å². The molecule has 1 aromatic heterocycles. The number of nitrogens with zero attached hydrogens (tertiary/aromatic N) is 2. The van der Waals surface area contributed by atoms with Crippen LogP contribution >= 0.6 is 0 Å². The molecule has 0 saturated heterocycles. The van der Waals surface area contributed by atoms with Crippen molar-refractivity contribution in [3.63, 3.8) is 0 Å². The lowest BCUT2D eigenvalue weighted by molar-refractivity contribution is 0.450. The lowest BCUT2D eigenvalue weighted by atomic mass is 10.2. The molecule has 0 amide bonds. The largest absolute Gasteiger partial charge is 0.432 e. The fourth-order valence-corrected chi connectivity index (χ4v) is 1.41. The standard InChI is InChI=1S/C12H13N3O2/c1-8-3-4-10(9(13)7-8)17-11-12(16)15(2)6-5-14-11/h3-7H,13H2,1-2H3. The molecule has 1 aromatic carbocycles. The topological polar surface area (TPSA) is 70.1 Å². The fourth-order valence-electron chi connectivity index (χ4n) is 1.41. The van der Waals surface area contributed by atoms with Crippen LogP contribution in [0.4, 0.5) is 5.69 Å². The van der Waals surface area contributed by atoms with Crippen LogP contribution in [0.5, 0.6) is 11.6 Å². The van der Waals surface area contributed by atoms with Crippen LogP contribution in [0.15, 0.2) is 35.4 Å². The highest BCUT2D eigenvalue weighted by Crippen LogP contribution is 2.25. The van der Waals surface area contributed by atoms with Crippen LogP contribution in [-0.2, 0) is 7.05 Å². The summed E-state index contributed by atoms with van der Waals surface area (Å²) >= 11 is 0. The maximum atomic E-state index is 11.7. The highest BCUT2D eigenvalue weighted by atomic mass is 16.5. The third-order valence-corrected chi connectivity index (χ3v) is 2.36. The van der Waals surface area contributed by atoms with E-state index in [9.17, 15) is 4.79 Å². The summed E-state index contributed by atoms with van der Waals surface area (Å²) in [5.41, 5.74) is 7.01. The molecule has 0 aliphatic heterocycles. The smallest absolute Gasteiger partial charge is 0.313 e. The molecule has 0 fully saturated rings. The zero-order valence-corrected chi connectivity index (χ0v) is 9.68. The summed E-state index contributed by atoms with van der Waals surface area (Å²) < 4.78 is 6.80. The van der Waals surface area contributed by atoms with Gasteiger partial charge in [-0.15, -0.1) is 0 Å². The second kappa shape index (κ2) is 4.29. The van der Waals surface area contributed by atoms with Crippen molar-refractivity contribution < 1.29 is 4.74 Å². The molecule has 0 saturated carbocycles. The molecule has 0 bridgehead atoms. The van der Waals surface area contributed by atoms with Crippen molar-refractivity contribution in [2.75, 3.05) is 5.73 Å². The van der Waals surface area contributed by atoms with E-state index in [1.165, 1.54) is 10.8 Å². The lowest BCUT2D eigenvalue weighted by Gasteiger charge is -2.08. The molecule has 0 radical (unpaired) electrons. The molecule has 2 aromatic rings. The Kier molecular flexibility index (Phi) is 2.82. The normalized spacial score (nSPS) is 10.2. The van der Waals surface area contributed by atoms with Crippen LogP contribution in [0.1, 0.15) is 5.56 Å². The number of anilines is 1. The van der Waals surface area contributed by atoms with Gasteiger partial charge < -0.3 is 15.0 Å². The fraction of sp³-hybridized carbons (Fsp3) is 0.167. The monoisotopic (exact) mass is 231 g/mol. The van der Waals surface area contributed by atoms with Crippen LogP contribution in [0.2, 0.25) is 0 Å². The predicted octanol–water partition coefficient (Wildman–Crippen LogP) is 1.46. The minimum atomic E-state index is -0.299. The Hall–Kier alpha value is -2.30. The second-order valence-electron chi connectivity index (χ2n) is 3.79. The molecule has 0 unspecified atom stereocenters. The quantitative estimate of drug-likeness (QED) is 0.794. The Balaban J connectivity index is 2.38. The van der Waals surface area contributed by atoms with E-state index in [4.69, 9.17) is 10.5 Å². The van der Waals surface area contributed by atoms with E-state index in [2.05, 4.69) is 4.98 Å². The minimum absolute atomic E-state index is 0.0190. The number of benzene rings is 1. The van der Waals surface area contributed by atoms with Crippen LogP contribution in [0.3, 0.4) is 0 Å². The molecular formula is C12H13N3O2. The van der Waals surface area contributed by atoms with E-state index in [0.717, 1.165) is 5.56 Å². The molecule has 0 aliphatic rings. The van der Waals surface area contributed by atoms with Gasteiger partial charge in [0.15, 0.2) is 5.75 Å². The summed E-state index contributed by atoms with van der Waals surface area (Å²) in [5, 5.41) is 0. The molecule has 1 heterocycles. The molecule has 0 atom stereocenters. The first kappa shape index (κ1) is 11.2. The van der Waals surface area contributed by atoms with E-state index in [0.29, 0.717) is 11.4 Å².